The molecule has 12 N–H and O–H groups in total. The monoisotopic (exact) mass is 381 g/mol. The van der Waals surface area contributed by atoms with Crippen molar-refractivity contribution in [3.8, 4) is 0 Å². The number of nitrogens with two attached hydrogens (primary N) is 4. The van der Waals surface area contributed by atoms with Crippen LogP contribution in [0.15, 0.2) is 0 Å². The maximum absolute atomic E-state index is 9.55. The number of rotatable bonds is 2. The maximum atomic E-state index is 9.55. The van der Waals surface area contributed by atoms with E-state index in [1.165, 1.54) is 0 Å². The van der Waals surface area contributed by atoms with Crippen LogP contribution in [0, 0.1) is 0 Å². The van der Waals surface area contributed by atoms with E-state index in [1.807, 2.05) is 0 Å². The summed E-state index contributed by atoms with van der Waals surface area (Å²) >= 11 is 19.4. The summed E-state index contributed by atoms with van der Waals surface area (Å²) in [6.45, 7) is 0. The number of hydrogen-bond donors (Lipinski definition) is 0. The fourth-order valence-corrected chi connectivity index (χ4v) is 0. The second-order valence-electron chi connectivity index (χ2n) is 1.33. The van der Waals surface area contributed by atoms with Gasteiger partial charge in [0.25, 0.3) is 9.67 Å². The van der Waals surface area contributed by atoms with Gasteiger partial charge >= 0.3 is 28.7 Å². The van der Waals surface area contributed by atoms with E-state index in [1.54, 1.807) is 0 Å². The summed E-state index contributed by atoms with van der Waals surface area (Å²) < 4.78 is 0. The van der Waals surface area contributed by atoms with Gasteiger partial charge in [0.15, 0.2) is 0 Å². The molecule has 0 unspecified atom stereocenters. The molecular formula is C4H14Cl4CoN4O4+. The van der Waals surface area contributed by atoms with Gasteiger partial charge in [-0.2, -0.15) is 0 Å². The van der Waals surface area contributed by atoms with Crippen LogP contribution < -0.4 is 0 Å². The number of hydrogen-bond acceptors (Lipinski definition) is 2. The summed E-state index contributed by atoms with van der Waals surface area (Å²) in [5.41, 5.74) is 0. The zero-order chi connectivity index (χ0) is 10.3. The largest absolute Gasteiger partial charge is 3.00 e. The van der Waals surface area contributed by atoms with Gasteiger partial charge in [-0.1, -0.05) is 46.4 Å². The van der Waals surface area contributed by atoms with Gasteiger partial charge in [0, 0.05) is 9.59 Å². The SMILES string of the molecule is O=C([OH2+])C(Cl)Cl.O=C([OH2+])C(Cl)Cl.[Co+3].[NH2-].[NH2-].[NH2-].[NH2-]. The Morgan fingerprint density at radius 2 is 0.765 bits per heavy atom. The normalized spacial score (nSPS) is 6.47. The van der Waals surface area contributed by atoms with Crippen molar-refractivity contribution in [3.63, 3.8) is 0 Å². The summed E-state index contributed by atoms with van der Waals surface area (Å²) in [5, 5.41) is 12.3. The van der Waals surface area contributed by atoms with Crippen molar-refractivity contribution in [3.05, 3.63) is 24.6 Å². The van der Waals surface area contributed by atoms with E-state index in [4.69, 9.17) is 56.6 Å². The van der Waals surface area contributed by atoms with Gasteiger partial charge in [-0.05, 0) is 0 Å². The molecule has 0 spiro atoms. The fraction of sp³-hybridized carbons (Fsp3) is 0.500. The molecule has 0 saturated heterocycles. The van der Waals surface area contributed by atoms with Crippen molar-refractivity contribution in [2.24, 2.45) is 0 Å². The molecular weight excluding hydrogens is 369 g/mol. The Morgan fingerprint density at radius 3 is 0.765 bits per heavy atom. The Labute approximate surface area is 129 Å². The molecule has 0 rings (SSSR count). The molecule has 0 fully saturated rings. The molecule has 0 heterocycles. The molecule has 0 radical (unpaired) electrons. The van der Waals surface area contributed by atoms with Gasteiger partial charge in [-0.15, -0.1) is 0 Å². The Kier molecular flexibility index (Phi) is 64.4. The zero-order valence-corrected chi connectivity index (χ0v) is 12.2. The molecule has 0 saturated carbocycles. The topological polar surface area (TPSA) is 214 Å². The molecule has 0 atom stereocenters. The second kappa shape index (κ2) is 25.3. The summed E-state index contributed by atoms with van der Waals surface area (Å²) in [7, 11) is 0. The van der Waals surface area contributed by atoms with Gasteiger partial charge in [0.2, 0.25) is 0 Å². The first kappa shape index (κ1) is 43.2. The van der Waals surface area contributed by atoms with Crippen LogP contribution in [0.4, 0.5) is 0 Å². The van der Waals surface area contributed by atoms with E-state index in [9.17, 15) is 9.59 Å². The Balaban J connectivity index is -0.0000000182. The molecule has 0 bridgehead atoms. The van der Waals surface area contributed by atoms with Crippen LogP contribution in [0.2, 0.25) is 0 Å². The number of halogens is 4. The molecule has 17 heavy (non-hydrogen) atoms. The van der Waals surface area contributed by atoms with Crippen molar-refractivity contribution < 1.29 is 36.6 Å². The van der Waals surface area contributed by atoms with Gasteiger partial charge in [0.1, 0.15) is 0 Å². The van der Waals surface area contributed by atoms with Crippen LogP contribution in [0.1, 0.15) is 0 Å². The average molecular weight is 383 g/mol. The van der Waals surface area contributed by atoms with Crippen LogP contribution in [0.5, 0.6) is 0 Å². The minimum absolute atomic E-state index is 0. The molecule has 0 aromatic rings. The standard InChI is InChI=1S/2C2H2Cl2O2.Co.4H2N/c2*3-1(4)2(5)6;;;;;/h2*1H,(H,5,6);;4*1H2/q;;+3;4*-1/p+2. The number of alkyl halides is 4. The van der Waals surface area contributed by atoms with E-state index in [-0.39, 0.29) is 41.4 Å². The maximum Gasteiger partial charge on any atom is 3.00 e. The van der Waals surface area contributed by atoms with Crippen LogP contribution in [-0.2, 0) is 26.4 Å². The van der Waals surface area contributed by atoms with Crippen LogP contribution in [0.3, 0.4) is 0 Å². The predicted molar refractivity (Wildman–Crippen MR) is 69.4 cm³/mol. The smallest absolute Gasteiger partial charge is 0.693 e. The van der Waals surface area contributed by atoms with E-state index in [0.29, 0.717) is 0 Å². The molecule has 0 aliphatic carbocycles. The van der Waals surface area contributed by atoms with E-state index < -0.39 is 21.6 Å². The molecule has 0 amide bonds. The average Bonchev–Trinajstić information content (AvgIpc) is 1.88. The van der Waals surface area contributed by atoms with Gasteiger partial charge in [-0.25, -0.2) is 0 Å². The third-order valence-electron chi connectivity index (χ3n) is 0.396. The Hall–Kier alpha value is 0.446. The minimum atomic E-state index is -1.18. The minimum Gasteiger partial charge on any atom is -0.693 e. The number of carbonyl (C=O) groups excluding carboxylic acids is 2. The van der Waals surface area contributed by atoms with Gasteiger partial charge in [-0.3, -0.25) is 0 Å². The fourth-order valence-electron chi connectivity index (χ4n) is 0. The van der Waals surface area contributed by atoms with E-state index in [0.717, 1.165) is 0 Å². The third kappa shape index (κ3) is 48.1. The van der Waals surface area contributed by atoms with Crippen molar-refractivity contribution in [2.45, 2.75) is 9.67 Å². The molecule has 13 heteroatoms. The molecule has 8 nitrogen and oxygen atoms in total. The molecule has 0 aliphatic heterocycles. The Morgan fingerprint density at radius 1 is 0.706 bits per heavy atom. The predicted octanol–water partition coefficient (Wildman–Crippen LogP) is 2.95. The summed E-state index contributed by atoms with van der Waals surface area (Å²) in [6.07, 6.45) is 0. The van der Waals surface area contributed by atoms with Crippen molar-refractivity contribution in [2.75, 3.05) is 0 Å². The molecule has 0 aromatic carbocycles. The quantitative estimate of drug-likeness (QED) is 0.519. The number of carbonyl (C=O) groups is 2. The molecule has 0 aromatic heterocycles. The second-order valence-corrected chi connectivity index (χ2v) is 3.52. The first-order valence-electron chi connectivity index (χ1n) is 2.36. The van der Waals surface area contributed by atoms with Gasteiger partial charge in [0.05, 0.1) is 0 Å². The summed E-state index contributed by atoms with van der Waals surface area (Å²) in [5.74, 6) is -1.92. The first-order valence-corrected chi connectivity index (χ1v) is 4.10. The van der Waals surface area contributed by atoms with E-state index >= 15 is 0 Å². The van der Waals surface area contributed by atoms with Crippen molar-refractivity contribution >= 4 is 58.3 Å². The molecule has 0 aliphatic rings. The van der Waals surface area contributed by atoms with Crippen molar-refractivity contribution in [1.29, 1.82) is 0 Å². The van der Waals surface area contributed by atoms with Gasteiger partial charge < -0.3 is 34.8 Å². The van der Waals surface area contributed by atoms with Crippen LogP contribution >= 0.6 is 46.4 Å². The third-order valence-corrected chi connectivity index (χ3v) is 1.19. The van der Waals surface area contributed by atoms with Crippen molar-refractivity contribution in [1.82, 2.24) is 0 Å². The first-order chi connectivity index (χ1) is 5.29. The summed E-state index contributed by atoms with van der Waals surface area (Å²) in [4.78, 5) is 16.7. The zero-order valence-electron chi connectivity index (χ0n) is 8.13. The van der Waals surface area contributed by atoms with Crippen LogP contribution in [0.25, 0.3) is 24.6 Å². The van der Waals surface area contributed by atoms with E-state index in [2.05, 4.69) is 0 Å². The van der Waals surface area contributed by atoms with Crippen LogP contribution in [-0.4, -0.2) is 31.8 Å². The Bertz CT molecular complexity index is 158. The summed E-state index contributed by atoms with van der Waals surface area (Å²) in [6, 6.07) is 0. The molecule has 110 valence electrons.